The Morgan fingerprint density at radius 2 is 2.12 bits per heavy atom. The van der Waals surface area contributed by atoms with E-state index >= 15 is 0 Å². The summed E-state index contributed by atoms with van der Waals surface area (Å²) in [6, 6.07) is 1.17. The van der Waals surface area contributed by atoms with Crippen molar-refractivity contribution in [2.24, 2.45) is 5.92 Å². The number of nitrogens with one attached hydrogen (secondary N) is 1. The Labute approximate surface area is 104 Å². The van der Waals surface area contributed by atoms with Crippen LogP contribution in [-0.4, -0.2) is 43.3 Å². The summed E-state index contributed by atoms with van der Waals surface area (Å²) in [7, 11) is 1.47. The Balaban J connectivity index is 1.90. The number of hydrogen-bond acceptors (Lipinski definition) is 3. The van der Waals surface area contributed by atoms with Crippen LogP contribution in [0, 0.1) is 5.92 Å². The van der Waals surface area contributed by atoms with E-state index in [1.54, 1.807) is 0 Å². The van der Waals surface area contributed by atoms with Crippen LogP contribution >= 0.6 is 0 Å². The monoisotopic (exact) mass is 240 g/mol. The van der Waals surface area contributed by atoms with Crippen molar-refractivity contribution in [3.05, 3.63) is 0 Å². The van der Waals surface area contributed by atoms with Crippen molar-refractivity contribution in [2.45, 2.75) is 51.1 Å². The second-order valence-corrected chi connectivity index (χ2v) is 5.40. The Kier molecular flexibility index (Phi) is 4.26. The van der Waals surface area contributed by atoms with E-state index in [4.69, 9.17) is 4.74 Å². The average Bonchev–Trinajstić information content (AvgIpc) is 3.12. The van der Waals surface area contributed by atoms with E-state index in [0.29, 0.717) is 18.0 Å². The lowest BCUT2D eigenvalue weighted by Crippen LogP contribution is -2.51. The summed E-state index contributed by atoms with van der Waals surface area (Å²) in [5.41, 5.74) is 0. The molecule has 1 saturated carbocycles. The normalized spacial score (nSPS) is 29.2. The summed E-state index contributed by atoms with van der Waals surface area (Å²) in [5, 5.41) is 3.64. The zero-order valence-electron chi connectivity index (χ0n) is 10.9. The molecular formula is C13H24N2O2. The highest BCUT2D eigenvalue weighted by molar-refractivity contribution is 5.67. The molecule has 17 heavy (non-hydrogen) atoms. The lowest BCUT2D eigenvalue weighted by atomic mass is 9.90. The molecular weight excluding hydrogens is 216 g/mol. The van der Waals surface area contributed by atoms with Gasteiger partial charge in [-0.3, -0.25) is 0 Å². The van der Waals surface area contributed by atoms with Crippen molar-refractivity contribution < 1.29 is 9.53 Å². The standard InChI is InChI=1S/C13H24N2O2/c1-3-4-10-7-12(14-11-5-6-11)9-15(8-10)13(16)17-2/h10-12,14H,3-9H2,1-2H3. The van der Waals surface area contributed by atoms with Crippen LogP contribution in [0.1, 0.15) is 39.0 Å². The molecule has 1 aliphatic carbocycles. The summed E-state index contributed by atoms with van der Waals surface area (Å²) in [6.07, 6.45) is 6.03. The third-order valence-electron chi connectivity index (χ3n) is 3.72. The van der Waals surface area contributed by atoms with Crippen LogP contribution in [0.2, 0.25) is 0 Å². The highest BCUT2D eigenvalue weighted by Crippen LogP contribution is 2.26. The topological polar surface area (TPSA) is 41.6 Å². The van der Waals surface area contributed by atoms with E-state index in [9.17, 15) is 4.79 Å². The zero-order valence-corrected chi connectivity index (χ0v) is 10.9. The lowest BCUT2D eigenvalue weighted by molar-refractivity contribution is 0.0887. The number of carbonyl (C=O) groups excluding carboxylic acids is 1. The fourth-order valence-electron chi connectivity index (χ4n) is 2.80. The number of nitrogens with zero attached hydrogens (tertiary/aromatic N) is 1. The maximum Gasteiger partial charge on any atom is 0.409 e. The average molecular weight is 240 g/mol. The number of carbonyl (C=O) groups is 1. The van der Waals surface area contributed by atoms with Gasteiger partial charge in [-0.25, -0.2) is 4.79 Å². The van der Waals surface area contributed by atoms with E-state index < -0.39 is 0 Å². The van der Waals surface area contributed by atoms with E-state index in [0.717, 1.165) is 13.1 Å². The molecule has 0 radical (unpaired) electrons. The summed E-state index contributed by atoms with van der Waals surface area (Å²) in [6.45, 7) is 3.88. The molecule has 0 aromatic rings. The molecule has 2 aliphatic rings. The van der Waals surface area contributed by atoms with Gasteiger partial charge in [0.15, 0.2) is 0 Å². The zero-order chi connectivity index (χ0) is 12.3. The van der Waals surface area contributed by atoms with E-state index in [2.05, 4.69) is 12.2 Å². The van der Waals surface area contributed by atoms with Crippen LogP contribution in [0.4, 0.5) is 4.79 Å². The van der Waals surface area contributed by atoms with Crippen molar-refractivity contribution in [3.63, 3.8) is 0 Å². The fourth-order valence-corrected chi connectivity index (χ4v) is 2.80. The highest BCUT2D eigenvalue weighted by atomic mass is 16.5. The van der Waals surface area contributed by atoms with Crippen molar-refractivity contribution >= 4 is 6.09 Å². The Morgan fingerprint density at radius 1 is 1.35 bits per heavy atom. The van der Waals surface area contributed by atoms with Crippen LogP contribution in [0.15, 0.2) is 0 Å². The molecule has 1 aliphatic heterocycles. The molecule has 2 fully saturated rings. The van der Waals surface area contributed by atoms with Gasteiger partial charge in [0.2, 0.25) is 0 Å². The van der Waals surface area contributed by atoms with Gasteiger partial charge < -0.3 is 15.0 Å². The molecule has 0 aromatic heterocycles. The van der Waals surface area contributed by atoms with Crippen molar-refractivity contribution in [1.82, 2.24) is 10.2 Å². The minimum absolute atomic E-state index is 0.173. The van der Waals surface area contributed by atoms with Crippen molar-refractivity contribution in [3.8, 4) is 0 Å². The molecule has 0 bridgehead atoms. The van der Waals surface area contributed by atoms with Crippen molar-refractivity contribution in [2.75, 3.05) is 20.2 Å². The van der Waals surface area contributed by atoms with Gasteiger partial charge in [-0.15, -0.1) is 0 Å². The third kappa shape index (κ3) is 3.60. The minimum Gasteiger partial charge on any atom is -0.453 e. The van der Waals surface area contributed by atoms with Gasteiger partial charge in [0.05, 0.1) is 7.11 Å². The van der Waals surface area contributed by atoms with Crippen LogP contribution in [0.5, 0.6) is 0 Å². The second-order valence-electron chi connectivity index (χ2n) is 5.40. The molecule has 1 N–H and O–H groups in total. The smallest absolute Gasteiger partial charge is 0.409 e. The lowest BCUT2D eigenvalue weighted by Gasteiger charge is -2.37. The Morgan fingerprint density at radius 3 is 2.71 bits per heavy atom. The van der Waals surface area contributed by atoms with E-state index in [1.165, 1.54) is 39.2 Å². The third-order valence-corrected chi connectivity index (χ3v) is 3.72. The maximum atomic E-state index is 11.6. The molecule has 2 rings (SSSR count). The first kappa shape index (κ1) is 12.7. The number of ether oxygens (including phenoxy) is 1. The molecule has 98 valence electrons. The molecule has 4 nitrogen and oxygen atoms in total. The number of piperidine rings is 1. The first-order valence-corrected chi connectivity index (χ1v) is 6.81. The number of hydrogen-bond donors (Lipinski definition) is 1. The first-order chi connectivity index (χ1) is 8.22. The van der Waals surface area contributed by atoms with Gasteiger partial charge in [0.25, 0.3) is 0 Å². The highest BCUT2D eigenvalue weighted by Gasteiger charge is 2.33. The van der Waals surface area contributed by atoms with Gasteiger partial charge in [0, 0.05) is 25.2 Å². The molecule has 0 spiro atoms. The predicted molar refractivity (Wildman–Crippen MR) is 66.9 cm³/mol. The van der Waals surface area contributed by atoms with Crippen LogP contribution in [0.25, 0.3) is 0 Å². The molecule has 1 heterocycles. The second kappa shape index (κ2) is 5.71. The van der Waals surface area contributed by atoms with Gasteiger partial charge in [-0.05, 0) is 31.6 Å². The molecule has 4 heteroatoms. The summed E-state index contributed by atoms with van der Waals surface area (Å²) >= 11 is 0. The van der Waals surface area contributed by atoms with Gasteiger partial charge in [-0.1, -0.05) is 13.3 Å². The van der Waals surface area contributed by atoms with E-state index in [1.807, 2.05) is 4.90 Å². The molecule has 1 saturated heterocycles. The Bertz CT molecular complexity index is 266. The van der Waals surface area contributed by atoms with Gasteiger partial charge in [0.1, 0.15) is 0 Å². The van der Waals surface area contributed by atoms with Gasteiger partial charge in [-0.2, -0.15) is 0 Å². The molecule has 1 amide bonds. The first-order valence-electron chi connectivity index (χ1n) is 6.81. The largest absolute Gasteiger partial charge is 0.453 e. The number of methoxy groups -OCH3 is 1. The molecule has 2 unspecified atom stereocenters. The molecule has 0 aromatic carbocycles. The Hall–Kier alpha value is -0.770. The number of likely N-dealkylation sites (tertiary alicyclic amines) is 1. The number of amides is 1. The van der Waals surface area contributed by atoms with E-state index in [-0.39, 0.29) is 6.09 Å². The minimum atomic E-state index is -0.173. The molecule has 2 atom stereocenters. The predicted octanol–water partition coefficient (Wildman–Crippen LogP) is 2.00. The quantitative estimate of drug-likeness (QED) is 0.817. The SMILES string of the molecule is CCCC1CC(NC2CC2)CN(C(=O)OC)C1. The summed E-state index contributed by atoms with van der Waals surface area (Å²) < 4.78 is 4.84. The summed E-state index contributed by atoms with van der Waals surface area (Å²) in [5.74, 6) is 0.629. The van der Waals surface area contributed by atoms with Crippen molar-refractivity contribution in [1.29, 1.82) is 0 Å². The maximum absolute atomic E-state index is 11.6. The van der Waals surface area contributed by atoms with Crippen LogP contribution in [-0.2, 0) is 4.74 Å². The van der Waals surface area contributed by atoms with Gasteiger partial charge >= 0.3 is 6.09 Å². The summed E-state index contributed by atoms with van der Waals surface area (Å²) in [4.78, 5) is 13.5. The fraction of sp³-hybridized carbons (Fsp3) is 0.923. The van der Waals surface area contributed by atoms with Crippen LogP contribution < -0.4 is 5.32 Å². The number of rotatable bonds is 4. The van der Waals surface area contributed by atoms with Crippen LogP contribution in [0.3, 0.4) is 0 Å².